The molecule has 0 spiro atoms. The Labute approximate surface area is 233 Å². The van der Waals surface area contributed by atoms with Crippen LogP contribution in [0.2, 0.25) is 0 Å². The van der Waals surface area contributed by atoms with Crippen molar-refractivity contribution in [1.82, 2.24) is 19.7 Å². The number of benzene rings is 1. The summed E-state index contributed by atoms with van der Waals surface area (Å²) in [6, 6.07) is 15.3. The number of aromatic nitrogens is 4. The molecule has 1 fully saturated rings. The number of ether oxygens (including phenoxy) is 1. The van der Waals surface area contributed by atoms with E-state index in [0.717, 1.165) is 29.7 Å². The van der Waals surface area contributed by atoms with Crippen molar-refractivity contribution in [2.75, 3.05) is 47.9 Å². The second kappa shape index (κ2) is 11.7. The van der Waals surface area contributed by atoms with Crippen LogP contribution in [0.15, 0.2) is 73.2 Å². The molecule has 0 saturated carbocycles. The van der Waals surface area contributed by atoms with Crippen LogP contribution in [0.5, 0.6) is 0 Å². The zero-order valence-corrected chi connectivity index (χ0v) is 22.0. The Morgan fingerprint density at radius 3 is 2.27 bits per heavy atom. The van der Waals surface area contributed by atoms with Crippen molar-refractivity contribution >= 4 is 29.1 Å². The van der Waals surface area contributed by atoms with Crippen molar-refractivity contribution in [1.29, 1.82) is 0 Å². The number of nitrogens with zero attached hydrogens (tertiary/aromatic N) is 6. The summed E-state index contributed by atoms with van der Waals surface area (Å²) in [5.74, 6) is -0.484. The van der Waals surface area contributed by atoms with Crippen LogP contribution in [-0.4, -0.2) is 64.4 Å². The van der Waals surface area contributed by atoms with E-state index in [1.54, 1.807) is 43.3 Å². The van der Waals surface area contributed by atoms with Crippen LogP contribution in [0.1, 0.15) is 33.3 Å². The quantitative estimate of drug-likeness (QED) is 0.328. The SMILES string of the molecule is CCOC(=O)c1ccc(N2CCN(c3ccc(NC(=O)c4cn(-c5ccccn5)nc4C(F)(F)F)cn3)CC2)cc1. The first kappa shape index (κ1) is 27.6. The van der Waals surface area contributed by atoms with Gasteiger partial charge in [-0.1, -0.05) is 6.07 Å². The summed E-state index contributed by atoms with van der Waals surface area (Å²) < 4.78 is 46.8. The third-order valence-electron chi connectivity index (χ3n) is 6.46. The Bertz CT molecular complexity index is 1500. The first-order valence-electron chi connectivity index (χ1n) is 12.9. The maximum atomic E-state index is 13.6. The second-order valence-electron chi connectivity index (χ2n) is 9.12. The van der Waals surface area contributed by atoms with E-state index in [9.17, 15) is 22.8 Å². The summed E-state index contributed by atoms with van der Waals surface area (Å²) in [6.45, 7) is 4.89. The van der Waals surface area contributed by atoms with Gasteiger partial charge in [-0.15, -0.1) is 0 Å². The molecular formula is C28H26F3N7O3. The number of amides is 1. The second-order valence-corrected chi connectivity index (χ2v) is 9.12. The van der Waals surface area contributed by atoms with Gasteiger partial charge in [0.2, 0.25) is 0 Å². The highest BCUT2D eigenvalue weighted by molar-refractivity contribution is 6.05. The Morgan fingerprint density at radius 1 is 0.927 bits per heavy atom. The van der Waals surface area contributed by atoms with Crippen LogP contribution in [-0.2, 0) is 10.9 Å². The first-order valence-corrected chi connectivity index (χ1v) is 12.9. The molecule has 1 aliphatic rings. The van der Waals surface area contributed by atoms with E-state index in [4.69, 9.17) is 4.74 Å². The molecule has 41 heavy (non-hydrogen) atoms. The lowest BCUT2D eigenvalue weighted by Gasteiger charge is -2.36. The summed E-state index contributed by atoms with van der Waals surface area (Å²) >= 11 is 0. The van der Waals surface area contributed by atoms with E-state index in [1.807, 2.05) is 12.1 Å². The van der Waals surface area contributed by atoms with Crippen LogP contribution < -0.4 is 15.1 Å². The fourth-order valence-corrected chi connectivity index (χ4v) is 4.42. The van der Waals surface area contributed by atoms with Crippen molar-refractivity contribution in [3.8, 4) is 5.82 Å². The summed E-state index contributed by atoms with van der Waals surface area (Å²) in [6.07, 6.45) is -1.00. The summed E-state index contributed by atoms with van der Waals surface area (Å²) in [7, 11) is 0. The van der Waals surface area contributed by atoms with Crippen molar-refractivity contribution in [3.05, 3.63) is 90.0 Å². The first-order chi connectivity index (χ1) is 19.7. The summed E-state index contributed by atoms with van der Waals surface area (Å²) in [4.78, 5) is 37.4. The molecule has 0 bridgehead atoms. The number of rotatable bonds is 7. The van der Waals surface area contributed by atoms with Gasteiger partial charge in [0.25, 0.3) is 5.91 Å². The number of carbonyl (C=O) groups is 2. The van der Waals surface area contributed by atoms with E-state index >= 15 is 0 Å². The number of piperazine rings is 1. The normalized spacial score (nSPS) is 13.7. The summed E-state index contributed by atoms with van der Waals surface area (Å²) in [5, 5.41) is 6.04. The van der Waals surface area contributed by atoms with Gasteiger partial charge in [-0.05, 0) is 55.5 Å². The topological polar surface area (TPSA) is 105 Å². The monoisotopic (exact) mass is 565 g/mol. The van der Waals surface area contributed by atoms with Crippen LogP contribution in [0, 0.1) is 0 Å². The zero-order valence-electron chi connectivity index (χ0n) is 22.0. The lowest BCUT2D eigenvalue weighted by molar-refractivity contribution is -0.141. The van der Waals surface area contributed by atoms with Gasteiger partial charge in [0, 0.05) is 44.3 Å². The molecular weight excluding hydrogens is 539 g/mol. The van der Waals surface area contributed by atoms with E-state index in [2.05, 4.69) is 30.2 Å². The molecule has 1 aromatic carbocycles. The van der Waals surface area contributed by atoms with Gasteiger partial charge in [-0.25, -0.2) is 19.4 Å². The zero-order chi connectivity index (χ0) is 29.0. The number of halogens is 3. The van der Waals surface area contributed by atoms with Crippen molar-refractivity contribution in [2.24, 2.45) is 0 Å². The van der Waals surface area contributed by atoms with Crippen LogP contribution in [0.4, 0.5) is 30.4 Å². The Hall–Kier alpha value is -4.94. The summed E-state index contributed by atoms with van der Waals surface area (Å²) in [5.41, 5.74) is -0.189. The highest BCUT2D eigenvalue weighted by atomic mass is 19.4. The van der Waals surface area contributed by atoms with E-state index < -0.39 is 23.3 Å². The van der Waals surface area contributed by atoms with Gasteiger partial charge in [0.05, 0.1) is 29.6 Å². The maximum absolute atomic E-state index is 13.6. The number of hydrogen-bond donors (Lipinski definition) is 1. The number of anilines is 3. The van der Waals surface area contributed by atoms with Gasteiger partial charge >= 0.3 is 12.1 Å². The Kier molecular flexibility index (Phi) is 7.86. The fourth-order valence-electron chi connectivity index (χ4n) is 4.42. The Balaban J connectivity index is 1.21. The number of carbonyl (C=O) groups excluding carboxylic acids is 2. The van der Waals surface area contributed by atoms with Gasteiger partial charge in [-0.3, -0.25) is 4.79 Å². The van der Waals surface area contributed by atoms with E-state index in [1.165, 1.54) is 18.5 Å². The highest BCUT2D eigenvalue weighted by Gasteiger charge is 2.39. The standard InChI is InChI=1S/C28H26F3N7O3/c1-2-41-27(40)19-6-9-21(10-7-19)36-13-15-37(16-14-36)23-11-8-20(17-33-23)34-26(39)22-18-38(24-5-3-4-12-32-24)35-25(22)28(29,30)31/h3-12,17-18H,2,13-16H2,1H3,(H,34,39). The average molecular weight is 566 g/mol. The average Bonchev–Trinajstić information content (AvgIpc) is 3.45. The molecule has 10 nitrogen and oxygen atoms in total. The highest BCUT2D eigenvalue weighted by Crippen LogP contribution is 2.32. The third kappa shape index (κ3) is 6.29. The molecule has 1 amide bonds. The lowest BCUT2D eigenvalue weighted by atomic mass is 10.2. The number of alkyl halides is 3. The molecule has 13 heteroatoms. The van der Waals surface area contributed by atoms with Gasteiger partial charge in [0.15, 0.2) is 11.5 Å². The molecule has 5 rings (SSSR count). The van der Waals surface area contributed by atoms with Gasteiger partial charge < -0.3 is 19.9 Å². The molecule has 0 radical (unpaired) electrons. The molecule has 212 valence electrons. The predicted octanol–water partition coefficient (Wildman–Crippen LogP) is 4.44. The smallest absolute Gasteiger partial charge is 0.435 e. The van der Waals surface area contributed by atoms with Gasteiger partial charge in [-0.2, -0.15) is 18.3 Å². The van der Waals surface area contributed by atoms with Crippen LogP contribution in [0.25, 0.3) is 5.82 Å². The molecule has 4 aromatic rings. The number of hydrogen-bond acceptors (Lipinski definition) is 8. The minimum Gasteiger partial charge on any atom is -0.462 e. The molecule has 1 aliphatic heterocycles. The van der Waals surface area contributed by atoms with Crippen molar-refractivity contribution in [2.45, 2.75) is 13.1 Å². The predicted molar refractivity (Wildman–Crippen MR) is 145 cm³/mol. The van der Waals surface area contributed by atoms with E-state index in [0.29, 0.717) is 31.1 Å². The molecule has 4 heterocycles. The molecule has 0 unspecified atom stereocenters. The van der Waals surface area contributed by atoms with Crippen LogP contribution >= 0.6 is 0 Å². The third-order valence-corrected chi connectivity index (χ3v) is 6.46. The largest absolute Gasteiger partial charge is 0.462 e. The number of pyridine rings is 2. The molecule has 0 atom stereocenters. The Morgan fingerprint density at radius 2 is 1.66 bits per heavy atom. The fraction of sp³-hybridized carbons (Fsp3) is 0.250. The number of nitrogens with one attached hydrogen (secondary N) is 1. The molecule has 1 saturated heterocycles. The minimum absolute atomic E-state index is 0.150. The minimum atomic E-state index is -4.83. The van der Waals surface area contributed by atoms with Crippen LogP contribution in [0.3, 0.4) is 0 Å². The molecule has 3 aromatic heterocycles. The van der Waals surface area contributed by atoms with Crippen molar-refractivity contribution in [3.63, 3.8) is 0 Å². The van der Waals surface area contributed by atoms with E-state index in [-0.39, 0.29) is 17.5 Å². The number of esters is 1. The van der Waals surface area contributed by atoms with Gasteiger partial charge in [0.1, 0.15) is 5.82 Å². The molecule has 1 N–H and O–H groups in total. The molecule has 0 aliphatic carbocycles. The maximum Gasteiger partial charge on any atom is 0.435 e. The van der Waals surface area contributed by atoms with Crippen molar-refractivity contribution < 1.29 is 27.5 Å². The lowest BCUT2D eigenvalue weighted by Crippen LogP contribution is -2.46.